The van der Waals surface area contributed by atoms with E-state index in [9.17, 15) is 9.18 Å². The van der Waals surface area contributed by atoms with Gasteiger partial charge in [0.25, 0.3) is 0 Å². The van der Waals surface area contributed by atoms with Gasteiger partial charge in [0.15, 0.2) is 5.16 Å². The minimum atomic E-state index is -0.262. The number of aromatic nitrogens is 2. The van der Waals surface area contributed by atoms with Crippen molar-refractivity contribution in [3.63, 3.8) is 0 Å². The van der Waals surface area contributed by atoms with Crippen LogP contribution >= 0.6 is 11.8 Å². The maximum atomic E-state index is 13.1. The van der Waals surface area contributed by atoms with Crippen molar-refractivity contribution in [2.45, 2.75) is 18.6 Å². The largest absolute Gasteiger partial charge is 0.383 e. The number of aryl methyl sites for hydroxylation is 1. The highest BCUT2D eigenvalue weighted by Crippen LogP contribution is 2.16. The number of nitrogen functional groups attached to an aromatic ring is 2. The number of carbonyl (C=O) groups excluding carboxylic acids is 1. The van der Waals surface area contributed by atoms with Gasteiger partial charge in [-0.05, 0) is 24.1 Å². The first kappa shape index (κ1) is 16.0. The summed E-state index contributed by atoms with van der Waals surface area (Å²) < 4.78 is 13.1. The summed E-state index contributed by atoms with van der Waals surface area (Å²) in [6.45, 7) is 2.01. The van der Waals surface area contributed by atoms with Crippen LogP contribution in [0.1, 0.15) is 11.1 Å². The summed E-state index contributed by atoms with van der Waals surface area (Å²) in [5.41, 5.74) is 12.5. The number of thioether (sulfide) groups is 1. The molecule has 22 heavy (non-hydrogen) atoms. The van der Waals surface area contributed by atoms with E-state index in [4.69, 9.17) is 11.5 Å². The second-order valence-electron chi connectivity index (χ2n) is 4.65. The molecule has 2 aromatic rings. The average Bonchev–Trinajstić information content (AvgIpc) is 2.45. The van der Waals surface area contributed by atoms with Crippen LogP contribution in [0.25, 0.3) is 0 Å². The molecule has 0 unspecified atom stereocenters. The molecule has 6 nitrogen and oxygen atoms in total. The lowest BCUT2D eigenvalue weighted by Crippen LogP contribution is -2.24. The molecule has 116 valence electrons. The smallest absolute Gasteiger partial charge is 0.230 e. The predicted molar refractivity (Wildman–Crippen MR) is 84.6 cm³/mol. The molecule has 1 heterocycles. The van der Waals surface area contributed by atoms with E-state index in [1.54, 1.807) is 19.1 Å². The van der Waals surface area contributed by atoms with E-state index >= 15 is 0 Å². The highest BCUT2D eigenvalue weighted by atomic mass is 32.2. The number of nitrogens with two attached hydrogens (primary N) is 2. The van der Waals surface area contributed by atoms with E-state index in [1.807, 2.05) is 0 Å². The zero-order valence-corrected chi connectivity index (χ0v) is 12.8. The molecule has 1 amide bonds. The van der Waals surface area contributed by atoms with E-state index in [-0.39, 0.29) is 29.1 Å². The normalized spacial score (nSPS) is 10.5. The monoisotopic (exact) mass is 321 g/mol. The Morgan fingerprint density at radius 3 is 2.59 bits per heavy atom. The Kier molecular flexibility index (Phi) is 5.16. The van der Waals surface area contributed by atoms with Crippen LogP contribution in [0.2, 0.25) is 0 Å². The minimum Gasteiger partial charge on any atom is -0.383 e. The van der Waals surface area contributed by atoms with E-state index in [0.717, 1.165) is 17.3 Å². The lowest BCUT2D eigenvalue weighted by atomic mass is 10.1. The Balaban J connectivity index is 1.84. The van der Waals surface area contributed by atoms with Gasteiger partial charge in [-0.1, -0.05) is 23.9 Å². The first-order valence-electron chi connectivity index (χ1n) is 6.48. The van der Waals surface area contributed by atoms with Crippen LogP contribution in [-0.2, 0) is 11.3 Å². The maximum absolute atomic E-state index is 13.1. The van der Waals surface area contributed by atoms with Gasteiger partial charge in [0, 0.05) is 12.6 Å². The average molecular weight is 321 g/mol. The molecule has 0 bridgehead atoms. The van der Waals surface area contributed by atoms with Crippen molar-refractivity contribution in [1.29, 1.82) is 0 Å². The number of anilines is 2. The summed E-state index contributed by atoms with van der Waals surface area (Å²) in [6.07, 6.45) is 0. The highest BCUT2D eigenvalue weighted by molar-refractivity contribution is 7.99. The molecule has 5 N–H and O–H groups in total. The van der Waals surface area contributed by atoms with Crippen molar-refractivity contribution < 1.29 is 9.18 Å². The van der Waals surface area contributed by atoms with Gasteiger partial charge in [-0.3, -0.25) is 4.79 Å². The third-order valence-electron chi connectivity index (χ3n) is 2.79. The quantitative estimate of drug-likeness (QED) is 0.569. The predicted octanol–water partition coefficient (Wildman–Crippen LogP) is 1.50. The van der Waals surface area contributed by atoms with E-state index in [1.165, 1.54) is 12.1 Å². The number of rotatable bonds is 5. The van der Waals surface area contributed by atoms with Crippen LogP contribution in [0.5, 0.6) is 0 Å². The standard InChI is InChI=1S/C14H16FN5OS/c1-8-4-9(2-3-10(8)15)6-18-13(21)7-22-14-19-11(16)5-12(17)20-14/h2-5H,6-7H2,1H3,(H,18,21)(H4,16,17,19,20). The van der Waals surface area contributed by atoms with Crippen LogP contribution in [0, 0.1) is 12.7 Å². The lowest BCUT2D eigenvalue weighted by Gasteiger charge is -2.06. The molecule has 0 fully saturated rings. The van der Waals surface area contributed by atoms with Crippen LogP contribution in [0.3, 0.4) is 0 Å². The fraction of sp³-hybridized carbons (Fsp3) is 0.214. The summed E-state index contributed by atoms with van der Waals surface area (Å²) in [5, 5.41) is 3.10. The molecule has 1 aromatic heterocycles. The number of hydrogen-bond acceptors (Lipinski definition) is 6. The van der Waals surface area contributed by atoms with Crippen LogP contribution in [0.15, 0.2) is 29.4 Å². The van der Waals surface area contributed by atoms with Crippen LogP contribution in [0.4, 0.5) is 16.0 Å². The number of carbonyl (C=O) groups is 1. The zero-order valence-electron chi connectivity index (χ0n) is 12.0. The first-order valence-corrected chi connectivity index (χ1v) is 7.47. The summed E-state index contributed by atoms with van der Waals surface area (Å²) in [6, 6.07) is 6.16. The summed E-state index contributed by atoms with van der Waals surface area (Å²) >= 11 is 1.14. The topological polar surface area (TPSA) is 107 Å². The van der Waals surface area contributed by atoms with Crippen molar-refractivity contribution in [2.24, 2.45) is 0 Å². The molecular formula is C14H16FN5OS. The van der Waals surface area contributed by atoms with Gasteiger partial charge >= 0.3 is 0 Å². The second-order valence-corrected chi connectivity index (χ2v) is 5.59. The maximum Gasteiger partial charge on any atom is 0.230 e. The Morgan fingerprint density at radius 2 is 1.95 bits per heavy atom. The molecule has 1 aromatic carbocycles. The molecule has 0 aliphatic carbocycles. The van der Waals surface area contributed by atoms with Gasteiger partial charge in [0.1, 0.15) is 17.5 Å². The number of halogens is 1. The number of nitrogens with one attached hydrogen (secondary N) is 1. The van der Waals surface area contributed by atoms with Gasteiger partial charge in [-0.25, -0.2) is 14.4 Å². The summed E-state index contributed by atoms with van der Waals surface area (Å²) in [4.78, 5) is 19.7. The molecule has 2 rings (SSSR count). The Bertz CT molecular complexity index is 675. The fourth-order valence-corrected chi connectivity index (χ4v) is 2.43. The third-order valence-corrected chi connectivity index (χ3v) is 3.64. The second kappa shape index (κ2) is 7.08. The molecule has 0 saturated heterocycles. The van der Waals surface area contributed by atoms with Crippen LogP contribution in [-0.4, -0.2) is 21.6 Å². The molecule has 0 saturated carbocycles. The van der Waals surface area contributed by atoms with Crippen molar-refractivity contribution in [1.82, 2.24) is 15.3 Å². The summed E-state index contributed by atoms with van der Waals surface area (Å²) in [5.74, 6) is 0.219. The molecular weight excluding hydrogens is 305 g/mol. The van der Waals surface area contributed by atoms with Gasteiger partial charge in [0.2, 0.25) is 5.91 Å². The molecule has 0 spiro atoms. The first-order chi connectivity index (χ1) is 10.4. The lowest BCUT2D eigenvalue weighted by molar-refractivity contribution is -0.118. The molecule has 0 radical (unpaired) electrons. The molecule has 0 aliphatic rings. The van der Waals surface area contributed by atoms with Crippen molar-refractivity contribution in [3.8, 4) is 0 Å². The van der Waals surface area contributed by atoms with E-state index in [2.05, 4.69) is 15.3 Å². The number of nitrogens with zero attached hydrogens (tertiary/aromatic N) is 2. The Labute approximate surface area is 131 Å². The van der Waals surface area contributed by atoms with Gasteiger partial charge in [-0.2, -0.15) is 0 Å². The van der Waals surface area contributed by atoms with Gasteiger partial charge in [-0.15, -0.1) is 0 Å². The Morgan fingerprint density at radius 1 is 1.27 bits per heavy atom. The minimum absolute atomic E-state index is 0.142. The fourth-order valence-electron chi connectivity index (χ4n) is 1.73. The van der Waals surface area contributed by atoms with E-state index in [0.29, 0.717) is 17.3 Å². The van der Waals surface area contributed by atoms with Gasteiger partial charge in [0.05, 0.1) is 5.75 Å². The summed E-state index contributed by atoms with van der Waals surface area (Å²) in [7, 11) is 0. The number of benzene rings is 1. The third kappa shape index (κ3) is 4.59. The molecule has 0 aliphatic heterocycles. The van der Waals surface area contributed by atoms with Crippen molar-refractivity contribution >= 4 is 29.3 Å². The zero-order chi connectivity index (χ0) is 16.1. The van der Waals surface area contributed by atoms with Crippen molar-refractivity contribution in [2.75, 3.05) is 17.2 Å². The van der Waals surface area contributed by atoms with Gasteiger partial charge < -0.3 is 16.8 Å². The Hall–Kier alpha value is -2.35. The van der Waals surface area contributed by atoms with Crippen LogP contribution < -0.4 is 16.8 Å². The SMILES string of the molecule is Cc1cc(CNC(=O)CSc2nc(N)cc(N)n2)ccc1F. The number of hydrogen-bond donors (Lipinski definition) is 3. The van der Waals surface area contributed by atoms with Crippen molar-refractivity contribution in [3.05, 3.63) is 41.2 Å². The highest BCUT2D eigenvalue weighted by Gasteiger charge is 2.07. The number of amides is 1. The molecule has 8 heteroatoms. The molecule has 0 atom stereocenters. The van der Waals surface area contributed by atoms with E-state index < -0.39 is 0 Å².